The van der Waals surface area contributed by atoms with E-state index in [1.54, 1.807) is 0 Å². The number of thiophene rings is 1. The van der Waals surface area contributed by atoms with Crippen molar-refractivity contribution in [3.8, 4) is 0 Å². The Morgan fingerprint density at radius 1 is 1.47 bits per heavy atom. The van der Waals surface area contributed by atoms with Crippen molar-refractivity contribution >= 4 is 23.2 Å². The van der Waals surface area contributed by atoms with Gasteiger partial charge in [0.1, 0.15) is 0 Å². The van der Waals surface area contributed by atoms with Crippen LogP contribution >= 0.6 is 11.3 Å². The molecule has 17 heavy (non-hydrogen) atoms. The van der Waals surface area contributed by atoms with E-state index in [0.29, 0.717) is 12.8 Å². The normalized spacial score (nSPS) is 23.6. The minimum Gasteiger partial charge on any atom is -0.481 e. The highest BCUT2D eigenvalue weighted by atomic mass is 32.1. The molecule has 1 fully saturated rings. The molecule has 0 aromatic carbocycles. The van der Waals surface area contributed by atoms with Crippen molar-refractivity contribution in [2.75, 3.05) is 0 Å². The van der Waals surface area contributed by atoms with Crippen LogP contribution in [0.2, 0.25) is 0 Å². The fraction of sp³-hybridized carbons (Fsp3) is 0.500. The van der Waals surface area contributed by atoms with Crippen LogP contribution in [-0.4, -0.2) is 23.0 Å². The Bertz CT molecular complexity index is 441. The summed E-state index contributed by atoms with van der Waals surface area (Å²) in [5.74, 6) is -1.13. The van der Waals surface area contributed by atoms with Gasteiger partial charge in [-0.05, 0) is 43.2 Å². The molecule has 0 aliphatic heterocycles. The lowest BCUT2D eigenvalue weighted by Gasteiger charge is -2.11. The number of rotatable bonds is 3. The second-order valence-corrected chi connectivity index (χ2v) is 5.37. The molecular formula is C12H15NO3S. The summed E-state index contributed by atoms with van der Waals surface area (Å²) in [6, 6.07) is 1.92. The van der Waals surface area contributed by atoms with Crippen molar-refractivity contribution in [2.45, 2.75) is 32.2 Å². The topological polar surface area (TPSA) is 66.4 Å². The first-order valence-corrected chi connectivity index (χ1v) is 6.53. The van der Waals surface area contributed by atoms with Crippen molar-refractivity contribution in [1.29, 1.82) is 0 Å². The summed E-state index contributed by atoms with van der Waals surface area (Å²) in [7, 11) is 0. The Kier molecular flexibility index (Phi) is 3.47. The van der Waals surface area contributed by atoms with E-state index in [1.807, 2.05) is 18.4 Å². The highest BCUT2D eigenvalue weighted by Gasteiger charge is 2.30. The molecule has 0 saturated heterocycles. The highest BCUT2D eigenvalue weighted by Crippen LogP contribution is 2.26. The largest absolute Gasteiger partial charge is 0.481 e. The van der Waals surface area contributed by atoms with Crippen molar-refractivity contribution in [2.24, 2.45) is 5.92 Å². The predicted molar refractivity (Wildman–Crippen MR) is 65.3 cm³/mol. The lowest BCUT2D eigenvalue weighted by atomic mass is 10.1. The van der Waals surface area contributed by atoms with Gasteiger partial charge < -0.3 is 10.4 Å². The van der Waals surface area contributed by atoms with E-state index in [2.05, 4.69) is 5.32 Å². The maximum atomic E-state index is 11.9. The predicted octanol–water partition coefficient (Wildman–Crippen LogP) is 2.04. The third kappa shape index (κ3) is 2.66. The van der Waals surface area contributed by atoms with Crippen LogP contribution in [0.25, 0.3) is 0 Å². The molecule has 92 valence electrons. The molecule has 1 aromatic heterocycles. The van der Waals surface area contributed by atoms with Crippen LogP contribution in [0.5, 0.6) is 0 Å². The standard InChI is InChI=1S/C12H15NO3S/c1-7-4-5-17-10(7)11(14)13-9-3-2-8(6-9)12(15)16/h4-5,8-9H,2-3,6H2,1H3,(H,13,14)(H,15,16)/t8-,9-/m0/s1. The molecule has 2 rings (SSSR count). The van der Waals surface area contributed by atoms with Crippen molar-refractivity contribution in [3.63, 3.8) is 0 Å². The number of hydrogen-bond acceptors (Lipinski definition) is 3. The van der Waals surface area contributed by atoms with Gasteiger partial charge in [0.2, 0.25) is 0 Å². The Labute approximate surface area is 104 Å². The zero-order chi connectivity index (χ0) is 12.4. The Hall–Kier alpha value is -1.36. The Morgan fingerprint density at radius 3 is 2.76 bits per heavy atom. The van der Waals surface area contributed by atoms with E-state index in [-0.39, 0.29) is 17.9 Å². The van der Waals surface area contributed by atoms with Gasteiger partial charge in [0.05, 0.1) is 10.8 Å². The van der Waals surface area contributed by atoms with Gasteiger partial charge in [-0.1, -0.05) is 0 Å². The lowest BCUT2D eigenvalue weighted by Crippen LogP contribution is -2.33. The Morgan fingerprint density at radius 2 is 2.24 bits per heavy atom. The maximum Gasteiger partial charge on any atom is 0.306 e. The van der Waals surface area contributed by atoms with Gasteiger partial charge in [-0.15, -0.1) is 11.3 Å². The van der Waals surface area contributed by atoms with E-state index in [4.69, 9.17) is 5.11 Å². The summed E-state index contributed by atoms with van der Waals surface area (Å²) < 4.78 is 0. The smallest absolute Gasteiger partial charge is 0.306 e. The summed E-state index contributed by atoms with van der Waals surface area (Å²) in [5.41, 5.74) is 0.972. The molecule has 1 amide bonds. The number of carbonyl (C=O) groups is 2. The second kappa shape index (κ2) is 4.87. The van der Waals surface area contributed by atoms with Crippen LogP contribution in [0.15, 0.2) is 11.4 Å². The molecule has 0 spiro atoms. The molecule has 1 aliphatic carbocycles. The first kappa shape index (κ1) is 12.1. The van der Waals surface area contributed by atoms with E-state index in [0.717, 1.165) is 16.9 Å². The van der Waals surface area contributed by atoms with E-state index < -0.39 is 5.97 Å². The summed E-state index contributed by atoms with van der Waals surface area (Å²) >= 11 is 1.42. The van der Waals surface area contributed by atoms with Gasteiger partial charge >= 0.3 is 5.97 Å². The molecule has 2 atom stereocenters. The third-order valence-corrected chi connectivity index (χ3v) is 4.20. The van der Waals surface area contributed by atoms with E-state index >= 15 is 0 Å². The number of carboxylic acid groups (broad SMARTS) is 1. The van der Waals surface area contributed by atoms with E-state index in [1.165, 1.54) is 11.3 Å². The maximum absolute atomic E-state index is 11.9. The quantitative estimate of drug-likeness (QED) is 0.866. The number of amides is 1. The van der Waals surface area contributed by atoms with Gasteiger partial charge in [-0.25, -0.2) is 0 Å². The van der Waals surface area contributed by atoms with Crippen LogP contribution in [0.4, 0.5) is 0 Å². The number of nitrogens with one attached hydrogen (secondary N) is 1. The molecular weight excluding hydrogens is 238 g/mol. The first-order valence-electron chi connectivity index (χ1n) is 5.65. The van der Waals surface area contributed by atoms with Crippen LogP contribution in [0.3, 0.4) is 0 Å². The molecule has 0 radical (unpaired) electrons. The molecule has 1 aromatic rings. The van der Waals surface area contributed by atoms with Gasteiger partial charge in [0.15, 0.2) is 0 Å². The van der Waals surface area contributed by atoms with Crippen LogP contribution in [-0.2, 0) is 4.79 Å². The lowest BCUT2D eigenvalue weighted by molar-refractivity contribution is -0.141. The molecule has 1 aliphatic rings. The average molecular weight is 253 g/mol. The summed E-state index contributed by atoms with van der Waals surface area (Å²) in [5, 5.41) is 13.7. The number of carboxylic acids is 1. The molecule has 0 unspecified atom stereocenters. The number of carbonyl (C=O) groups excluding carboxylic acids is 1. The zero-order valence-electron chi connectivity index (χ0n) is 9.60. The van der Waals surface area contributed by atoms with Crippen molar-refractivity contribution in [3.05, 3.63) is 21.9 Å². The molecule has 0 bridgehead atoms. The van der Waals surface area contributed by atoms with Crippen molar-refractivity contribution < 1.29 is 14.7 Å². The van der Waals surface area contributed by atoms with Gasteiger partial charge in [0.25, 0.3) is 5.91 Å². The summed E-state index contributed by atoms with van der Waals surface area (Å²) in [6.45, 7) is 1.90. The van der Waals surface area contributed by atoms with Crippen LogP contribution in [0.1, 0.15) is 34.5 Å². The monoisotopic (exact) mass is 253 g/mol. The average Bonchev–Trinajstić information content (AvgIpc) is 2.86. The SMILES string of the molecule is Cc1ccsc1C(=O)N[C@H]1CC[C@H](C(=O)O)C1. The Balaban J connectivity index is 1.93. The third-order valence-electron chi connectivity index (χ3n) is 3.19. The summed E-state index contributed by atoms with van der Waals surface area (Å²) in [6.07, 6.45) is 1.96. The number of aliphatic carboxylic acids is 1. The molecule has 2 N–H and O–H groups in total. The first-order chi connectivity index (χ1) is 8.08. The molecule has 4 nitrogen and oxygen atoms in total. The zero-order valence-corrected chi connectivity index (χ0v) is 10.4. The molecule has 5 heteroatoms. The van der Waals surface area contributed by atoms with Crippen LogP contribution in [0, 0.1) is 12.8 Å². The minimum atomic E-state index is -0.756. The van der Waals surface area contributed by atoms with E-state index in [9.17, 15) is 9.59 Å². The fourth-order valence-electron chi connectivity index (χ4n) is 2.19. The molecule has 1 heterocycles. The summed E-state index contributed by atoms with van der Waals surface area (Å²) in [4.78, 5) is 23.4. The molecule has 1 saturated carbocycles. The number of aryl methyl sites for hydroxylation is 1. The fourth-order valence-corrected chi connectivity index (χ4v) is 3.02. The van der Waals surface area contributed by atoms with Gasteiger partial charge in [-0.2, -0.15) is 0 Å². The van der Waals surface area contributed by atoms with Gasteiger partial charge in [0, 0.05) is 6.04 Å². The van der Waals surface area contributed by atoms with Crippen LogP contribution < -0.4 is 5.32 Å². The highest BCUT2D eigenvalue weighted by molar-refractivity contribution is 7.12. The number of hydrogen-bond donors (Lipinski definition) is 2. The minimum absolute atomic E-state index is 0.00472. The van der Waals surface area contributed by atoms with Gasteiger partial charge in [-0.3, -0.25) is 9.59 Å². The van der Waals surface area contributed by atoms with Crippen molar-refractivity contribution in [1.82, 2.24) is 5.32 Å². The second-order valence-electron chi connectivity index (χ2n) is 4.45.